The van der Waals surface area contributed by atoms with Crippen molar-refractivity contribution in [1.29, 1.82) is 0 Å². The molecule has 1 aromatic carbocycles. The van der Waals surface area contributed by atoms with Crippen LogP contribution in [0.25, 0.3) is 22.2 Å². The van der Waals surface area contributed by atoms with Gasteiger partial charge in [0.15, 0.2) is 5.15 Å². The molecular formula is C15H12ClN3. The molecule has 0 N–H and O–H groups in total. The lowest BCUT2D eigenvalue weighted by Gasteiger charge is -2.10. The number of aromatic nitrogens is 3. The Kier molecular flexibility index (Phi) is 2.91. The van der Waals surface area contributed by atoms with Crippen molar-refractivity contribution in [3.63, 3.8) is 0 Å². The van der Waals surface area contributed by atoms with Gasteiger partial charge in [-0.3, -0.25) is 4.98 Å². The van der Waals surface area contributed by atoms with Crippen molar-refractivity contribution in [3.8, 4) is 11.3 Å². The van der Waals surface area contributed by atoms with Crippen LogP contribution in [0.2, 0.25) is 5.15 Å². The highest BCUT2D eigenvalue weighted by atomic mass is 35.5. The molecule has 0 aliphatic heterocycles. The van der Waals surface area contributed by atoms with E-state index in [-0.39, 0.29) is 0 Å². The van der Waals surface area contributed by atoms with Crippen LogP contribution in [0.1, 0.15) is 11.1 Å². The fourth-order valence-corrected chi connectivity index (χ4v) is 2.32. The van der Waals surface area contributed by atoms with Gasteiger partial charge in [0, 0.05) is 17.1 Å². The van der Waals surface area contributed by atoms with E-state index >= 15 is 0 Å². The predicted octanol–water partition coefficient (Wildman–Crippen LogP) is 3.96. The third-order valence-electron chi connectivity index (χ3n) is 3.37. The highest BCUT2D eigenvalue weighted by molar-refractivity contribution is 6.30. The predicted molar refractivity (Wildman–Crippen MR) is 77.3 cm³/mol. The quantitative estimate of drug-likeness (QED) is 0.671. The average molecular weight is 270 g/mol. The zero-order valence-electron chi connectivity index (χ0n) is 10.7. The van der Waals surface area contributed by atoms with E-state index in [0.29, 0.717) is 5.15 Å². The smallest absolute Gasteiger partial charge is 0.154 e. The monoisotopic (exact) mass is 269 g/mol. The molecule has 0 amide bonds. The van der Waals surface area contributed by atoms with Crippen LogP contribution >= 0.6 is 11.6 Å². The Balaban J connectivity index is 2.34. The second-order valence-corrected chi connectivity index (χ2v) is 4.82. The van der Waals surface area contributed by atoms with Crippen LogP contribution in [0.15, 0.2) is 36.5 Å². The molecule has 3 rings (SSSR count). The first kappa shape index (κ1) is 12.1. The third-order valence-corrected chi connectivity index (χ3v) is 3.72. The Hall–Kier alpha value is -2.00. The molecular weight excluding hydrogens is 258 g/mol. The number of hydrogen-bond donors (Lipinski definition) is 0. The lowest BCUT2D eigenvalue weighted by atomic mass is 10.0. The summed E-state index contributed by atoms with van der Waals surface area (Å²) in [6, 6.07) is 9.98. The fourth-order valence-electron chi connectivity index (χ4n) is 2.14. The van der Waals surface area contributed by atoms with E-state index in [9.17, 15) is 0 Å². The molecule has 0 aliphatic rings. The molecule has 0 aliphatic carbocycles. The van der Waals surface area contributed by atoms with Gasteiger partial charge in [-0.05, 0) is 37.1 Å². The highest BCUT2D eigenvalue weighted by Gasteiger charge is 2.12. The van der Waals surface area contributed by atoms with Crippen LogP contribution in [-0.4, -0.2) is 15.2 Å². The topological polar surface area (TPSA) is 38.7 Å². The van der Waals surface area contributed by atoms with Crippen LogP contribution in [0.5, 0.6) is 0 Å². The van der Waals surface area contributed by atoms with Gasteiger partial charge in [0.05, 0.1) is 11.2 Å². The number of halogens is 1. The van der Waals surface area contributed by atoms with Crippen molar-refractivity contribution in [2.24, 2.45) is 0 Å². The maximum atomic E-state index is 6.01. The van der Waals surface area contributed by atoms with E-state index in [2.05, 4.69) is 15.2 Å². The Morgan fingerprint density at radius 2 is 1.79 bits per heavy atom. The number of rotatable bonds is 1. The molecule has 0 unspecified atom stereocenters. The molecule has 0 saturated heterocycles. The molecule has 3 nitrogen and oxygen atoms in total. The average Bonchev–Trinajstić information content (AvgIpc) is 2.45. The molecule has 3 aromatic rings. The number of benzene rings is 1. The van der Waals surface area contributed by atoms with Gasteiger partial charge < -0.3 is 0 Å². The maximum absolute atomic E-state index is 6.01. The normalized spacial score (nSPS) is 10.9. The van der Waals surface area contributed by atoms with Crippen LogP contribution in [0, 0.1) is 13.8 Å². The van der Waals surface area contributed by atoms with E-state index in [0.717, 1.165) is 33.3 Å². The molecule has 94 valence electrons. The second-order valence-electron chi connectivity index (χ2n) is 4.47. The summed E-state index contributed by atoms with van der Waals surface area (Å²) < 4.78 is 0. The summed E-state index contributed by atoms with van der Waals surface area (Å²) in [5.74, 6) is 0. The fraction of sp³-hybridized carbons (Fsp3) is 0.133. The van der Waals surface area contributed by atoms with Crippen molar-refractivity contribution < 1.29 is 0 Å². The molecule has 0 fully saturated rings. The van der Waals surface area contributed by atoms with Gasteiger partial charge in [-0.1, -0.05) is 29.8 Å². The lowest BCUT2D eigenvalue weighted by molar-refractivity contribution is 1.00. The van der Waals surface area contributed by atoms with Crippen LogP contribution in [0.4, 0.5) is 0 Å². The lowest BCUT2D eigenvalue weighted by Crippen LogP contribution is -1.97. The summed E-state index contributed by atoms with van der Waals surface area (Å²) in [6.07, 6.45) is 1.79. The van der Waals surface area contributed by atoms with Crippen molar-refractivity contribution in [1.82, 2.24) is 15.2 Å². The Labute approximate surface area is 116 Å². The first-order chi connectivity index (χ1) is 9.18. The van der Waals surface area contributed by atoms with E-state index in [4.69, 9.17) is 11.6 Å². The van der Waals surface area contributed by atoms with E-state index in [1.165, 1.54) is 0 Å². The SMILES string of the molecule is Cc1c(Cl)nnc(-c2cccc3ncccc23)c1C. The summed E-state index contributed by atoms with van der Waals surface area (Å²) in [5.41, 5.74) is 4.87. The number of pyridine rings is 1. The Morgan fingerprint density at radius 1 is 0.947 bits per heavy atom. The first-order valence-electron chi connectivity index (χ1n) is 6.02. The van der Waals surface area contributed by atoms with Gasteiger partial charge in [0.25, 0.3) is 0 Å². The number of fused-ring (bicyclic) bond motifs is 1. The Morgan fingerprint density at radius 3 is 2.63 bits per heavy atom. The largest absolute Gasteiger partial charge is 0.256 e. The van der Waals surface area contributed by atoms with Gasteiger partial charge in [-0.2, -0.15) is 0 Å². The molecule has 4 heteroatoms. The standard InChI is InChI=1S/C15H12ClN3/c1-9-10(2)15(16)19-18-14(9)12-5-3-7-13-11(12)6-4-8-17-13/h3-8H,1-2H3. The summed E-state index contributed by atoms with van der Waals surface area (Å²) in [4.78, 5) is 4.36. The minimum Gasteiger partial charge on any atom is -0.256 e. The van der Waals surface area contributed by atoms with E-state index in [1.807, 2.05) is 44.2 Å². The maximum Gasteiger partial charge on any atom is 0.154 e. The van der Waals surface area contributed by atoms with Gasteiger partial charge in [0.1, 0.15) is 0 Å². The summed E-state index contributed by atoms with van der Waals surface area (Å²) >= 11 is 6.01. The highest BCUT2D eigenvalue weighted by Crippen LogP contribution is 2.30. The van der Waals surface area contributed by atoms with Crippen molar-refractivity contribution >= 4 is 22.5 Å². The van der Waals surface area contributed by atoms with Crippen molar-refractivity contribution in [2.45, 2.75) is 13.8 Å². The zero-order valence-corrected chi connectivity index (χ0v) is 11.4. The van der Waals surface area contributed by atoms with Gasteiger partial charge in [-0.25, -0.2) is 0 Å². The van der Waals surface area contributed by atoms with Crippen LogP contribution < -0.4 is 0 Å². The molecule has 0 radical (unpaired) electrons. The summed E-state index contributed by atoms with van der Waals surface area (Å²) in [6.45, 7) is 3.97. The molecule has 2 aromatic heterocycles. The van der Waals surface area contributed by atoms with E-state index in [1.54, 1.807) is 6.20 Å². The third kappa shape index (κ3) is 1.96. The van der Waals surface area contributed by atoms with Crippen molar-refractivity contribution in [2.75, 3.05) is 0 Å². The summed E-state index contributed by atoms with van der Waals surface area (Å²) in [7, 11) is 0. The molecule has 0 atom stereocenters. The molecule has 2 heterocycles. The van der Waals surface area contributed by atoms with Gasteiger partial charge in [-0.15, -0.1) is 10.2 Å². The second kappa shape index (κ2) is 4.59. The minimum atomic E-state index is 0.458. The van der Waals surface area contributed by atoms with Crippen LogP contribution in [-0.2, 0) is 0 Å². The van der Waals surface area contributed by atoms with Crippen LogP contribution in [0.3, 0.4) is 0 Å². The van der Waals surface area contributed by atoms with Gasteiger partial charge in [0.2, 0.25) is 0 Å². The number of nitrogens with zero attached hydrogens (tertiary/aromatic N) is 3. The molecule has 0 bridgehead atoms. The van der Waals surface area contributed by atoms with Gasteiger partial charge >= 0.3 is 0 Å². The molecule has 19 heavy (non-hydrogen) atoms. The summed E-state index contributed by atoms with van der Waals surface area (Å²) in [5, 5.41) is 9.80. The van der Waals surface area contributed by atoms with Crippen molar-refractivity contribution in [3.05, 3.63) is 52.8 Å². The number of hydrogen-bond acceptors (Lipinski definition) is 3. The zero-order chi connectivity index (χ0) is 13.4. The molecule has 0 saturated carbocycles. The minimum absolute atomic E-state index is 0.458. The molecule has 0 spiro atoms. The first-order valence-corrected chi connectivity index (χ1v) is 6.40. The Bertz CT molecular complexity index is 763. The van der Waals surface area contributed by atoms with E-state index < -0.39 is 0 Å².